The maximum atomic E-state index is 3.88. The lowest BCUT2D eigenvalue weighted by Gasteiger charge is -2.20. The van der Waals surface area contributed by atoms with Gasteiger partial charge in [-0.3, -0.25) is 0 Å². The van der Waals surface area contributed by atoms with Crippen LogP contribution in [0.2, 0.25) is 0 Å². The topological polar surface area (TPSA) is 0 Å². The van der Waals surface area contributed by atoms with Crippen molar-refractivity contribution in [2.75, 3.05) is 0 Å². The summed E-state index contributed by atoms with van der Waals surface area (Å²) in [5.41, 5.74) is 0. The van der Waals surface area contributed by atoms with Crippen molar-refractivity contribution < 1.29 is 0 Å². The summed E-state index contributed by atoms with van der Waals surface area (Å²) < 4.78 is 0. The zero-order valence-electron chi connectivity index (χ0n) is 6.46. The van der Waals surface area contributed by atoms with E-state index in [1.165, 1.54) is 6.42 Å². The second-order valence-electron chi connectivity index (χ2n) is 3.62. The number of hydrogen-bond acceptors (Lipinski definition) is 0. The van der Waals surface area contributed by atoms with Crippen LogP contribution in [0, 0.1) is 23.7 Å². The Morgan fingerprint density at radius 2 is 2.10 bits per heavy atom. The van der Waals surface area contributed by atoms with Crippen LogP contribution in [-0.2, 0) is 0 Å². The minimum absolute atomic E-state index is 0.773. The second-order valence-corrected chi connectivity index (χ2v) is 3.62. The fourth-order valence-electron chi connectivity index (χ4n) is 2.50. The molecule has 0 heterocycles. The summed E-state index contributed by atoms with van der Waals surface area (Å²) in [5.74, 6) is 3.33. The van der Waals surface area contributed by atoms with Crippen molar-refractivity contribution in [2.24, 2.45) is 23.7 Å². The maximum Gasteiger partial charge on any atom is -0.0142 e. The van der Waals surface area contributed by atoms with Gasteiger partial charge in [0.05, 0.1) is 0 Å². The molecule has 0 aromatic rings. The zero-order chi connectivity index (χ0) is 7.14. The van der Waals surface area contributed by atoms with Gasteiger partial charge in [0.2, 0.25) is 0 Å². The van der Waals surface area contributed by atoms with Gasteiger partial charge >= 0.3 is 0 Å². The zero-order valence-corrected chi connectivity index (χ0v) is 6.46. The fraction of sp³-hybridized carbons (Fsp3) is 0.600. The van der Waals surface area contributed by atoms with E-state index in [-0.39, 0.29) is 0 Å². The van der Waals surface area contributed by atoms with Gasteiger partial charge in [-0.05, 0) is 30.1 Å². The third kappa shape index (κ3) is 0.622. The van der Waals surface area contributed by atoms with Gasteiger partial charge in [0.25, 0.3) is 0 Å². The van der Waals surface area contributed by atoms with Crippen LogP contribution >= 0.6 is 0 Å². The van der Waals surface area contributed by atoms with Gasteiger partial charge < -0.3 is 0 Å². The minimum Gasteiger partial charge on any atom is -0.103 e. The van der Waals surface area contributed by atoms with Gasteiger partial charge in [0, 0.05) is 0 Å². The first kappa shape index (κ1) is 6.21. The van der Waals surface area contributed by atoms with Gasteiger partial charge in [-0.1, -0.05) is 25.2 Å². The Balaban J connectivity index is 2.25. The van der Waals surface area contributed by atoms with Gasteiger partial charge in [0.15, 0.2) is 0 Å². The molecule has 54 valence electrons. The molecule has 0 aromatic carbocycles. The Morgan fingerprint density at radius 1 is 1.40 bits per heavy atom. The summed E-state index contributed by atoms with van der Waals surface area (Å²) in [5, 5.41) is 0. The average Bonchev–Trinajstić information content (AvgIpc) is 2.46. The summed E-state index contributed by atoms with van der Waals surface area (Å²) in [6, 6.07) is 0. The molecule has 0 aromatic heterocycles. The lowest BCUT2D eigenvalue weighted by atomic mass is 9.85. The number of rotatable bonds is 1. The molecule has 0 N–H and O–H groups in total. The molecule has 0 radical (unpaired) electrons. The van der Waals surface area contributed by atoms with E-state index in [1.807, 2.05) is 0 Å². The molecule has 1 saturated carbocycles. The molecule has 10 heavy (non-hydrogen) atoms. The molecule has 0 aliphatic heterocycles. The van der Waals surface area contributed by atoms with E-state index in [0.29, 0.717) is 0 Å². The van der Waals surface area contributed by atoms with Crippen molar-refractivity contribution in [3.8, 4) is 0 Å². The van der Waals surface area contributed by atoms with Crippen LogP contribution in [0.3, 0.4) is 0 Å². The SMILES string of the molecule is C=CC1C2C=CC(C2)C1C. The lowest BCUT2D eigenvalue weighted by Crippen LogP contribution is -2.13. The monoisotopic (exact) mass is 134 g/mol. The highest BCUT2D eigenvalue weighted by Gasteiger charge is 2.39. The molecule has 0 nitrogen and oxygen atoms in total. The van der Waals surface area contributed by atoms with E-state index < -0.39 is 0 Å². The van der Waals surface area contributed by atoms with E-state index >= 15 is 0 Å². The van der Waals surface area contributed by atoms with Crippen LogP contribution in [0.5, 0.6) is 0 Å². The molecule has 2 aliphatic rings. The van der Waals surface area contributed by atoms with Crippen molar-refractivity contribution >= 4 is 0 Å². The standard InChI is InChI=1S/C10H14/c1-3-10-7(2)8-4-5-9(10)6-8/h3-5,7-10H,1,6H2,2H3. The summed E-state index contributed by atoms with van der Waals surface area (Å²) >= 11 is 0. The molecule has 4 atom stereocenters. The molecule has 2 aliphatic carbocycles. The second kappa shape index (κ2) is 1.98. The first-order valence-electron chi connectivity index (χ1n) is 4.14. The van der Waals surface area contributed by atoms with Crippen LogP contribution in [0.1, 0.15) is 13.3 Å². The number of hydrogen-bond donors (Lipinski definition) is 0. The molecular weight excluding hydrogens is 120 g/mol. The highest BCUT2D eigenvalue weighted by Crippen LogP contribution is 2.47. The van der Waals surface area contributed by atoms with Gasteiger partial charge in [-0.25, -0.2) is 0 Å². The molecule has 0 amide bonds. The minimum atomic E-state index is 0.773. The van der Waals surface area contributed by atoms with Crippen LogP contribution in [0.15, 0.2) is 24.8 Å². The van der Waals surface area contributed by atoms with Gasteiger partial charge in [-0.15, -0.1) is 6.58 Å². The highest BCUT2D eigenvalue weighted by atomic mass is 14.4. The summed E-state index contributed by atoms with van der Waals surface area (Å²) in [7, 11) is 0. The Bertz CT molecular complexity index is 178. The highest BCUT2D eigenvalue weighted by molar-refractivity contribution is 5.15. The Morgan fingerprint density at radius 3 is 2.50 bits per heavy atom. The van der Waals surface area contributed by atoms with E-state index in [2.05, 4.69) is 31.7 Å². The van der Waals surface area contributed by atoms with E-state index in [9.17, 15) is 0 Å². The molecule has 0 heteroatoms. The molecule has 0 spiro atoms. The van der Waals surface area contributed by atoms with Gasteiger partial charge in [-0.2, -0.15) is 0 Å². The van der Waals surface area contributed by atoms with E-state index in [4.69, 9.17) is 0 Å². The maximum absolute atomic E-state index is 3.88. The first-order chi connectivity index (χ1) is 4.83. The molecule has 0 saturated heterocycles. The predicted molar refractivity (Wildman–Crippen MR) is 43.6 cm³/mol. The number of fused-ring (bicyclic) bond motifs is 2. The van der Waals surface area contributed by atoms with Crippen molar-refractivity contribution in [3.05, 3.63) is 24.8 Å². The third-order valence-corrected chi connectivity index (χ3v) is 3.20. The number of allylic oxidation sites excluding steroid dienone is 3. The normalized spacial score (nSPS) is 50.1. The Hall–Kier alpha value is -0.520. The Kier molecular flexibility index (Phi) is 1.23. The molecule has 2 rings (SSSR count). The van der Waals surface area contributed by atoms with Crippen LogP contribution in [0.25, 0.3) is 0 Å². The van der Waals surface area contributed by atoms with Crippen molar-refractivity contribution in [1.29, 1.82) is 0 Å². The van der Waals surface area contributed by atoms with Crippen LogP contribution < -0.4 is 0 Å². The predicted octanol–water partition coefficient (Wildman–Crippen LogP) is 2.63. The third-order valence-electron chi connectivity index (χ3n) is 3.20. The fourth-order valence-corrected chi connectivity index (χ4v) is 2.50. The van der Waals surface area contributed by atoms with Crippen molar-refractivity contribution in [2.45, 2.75) is 13.3 Å². The average molecular weight is 134 g/mol. The smallest absolute Gasteiger partial charge is 0.0142 e. The summed E-state index contributed by atoms with van der Waals surface area (Å²) in [4.78, 5) is 0. The molecular formula is C10H14. The van der Waals surface area contributed by atoms with E-state index in [1.54, 1.807) is 0 Å². The van der Waals surface area contributed by atoms with Crippen LogP contribution in [0.4, 0.5) is 0 Å². The largest absolute Gasteiger partial charge is 0.103 e. The quantitative estimate of drug-likeness (QED) is 0.484. The van der Waals surface area contributed by atoms with E-state index in [0.717, 1.165) is 23.7 Å². The van der Waals surface area contributed by atoms with Crippen LogP contribution in [-0.4, -0.2) is 0 Å². The lowest BCUT2D eigenvalue weighted by molar-refractivity contribution is 0.404. The first-order valence-corrected chi connectivity index (χ1v) is 4.14. The Labute approximate surface area is 62.6 Å². The van der Waals surface area contributed by atoms with Crippen molar-refractivity contribution in [3.63, 3.8) is 0 Å². The molecule has 1 fully saturated rings. The van der Waals surface area contributed by atoms with Crippen molar-refractivity contribution in [1.82, 2.24) is 0 Å². The summed E-state index contributed by atoms with van der Waals surface area (Å²) in [6.45, 7) is 6.23. The molecule has 4 unspecified atom stereocenters. The van der Waals surface area contributed by atoms with Gasteiger partial charge in [0.1, 0.15) is 0 Å². The molecule has 2 bridgehead atoms. The summed E-state index contributed by atoms with van der Waals surface area (Å²) in [6.07, 6.45) is 8.28.